The van der Waals surface area contributed by atoms with Crippen LogP contribution in [0, 0.1) is 23.2 Å². The first-order valence-electron chi connectivity index (χ1n) is 11.1. The number of fused-ring (bicyclic) bond motifs is 2. The van der Waals surface area contributed by atoms with Crippen molar-refractivity contribution in [3.63, 3.8) is 0 Å². The molecule has 4 aliphatic heterocycles. The topological polar surface area (TPSA) is 94.9 Å². The average Bonchev–Trinajstić information content (AvgIpc) is 3.30. The maximum atomic E-state index is 13.6. The molecule has 1 aromatic rings. The fourth-order valence-corrected chi connectivity index (χ4v) is 6.43. The molecule has 182 valence electrons. The highest BCUT2D eigenvalue weighted by Gasteiger charge is 2.78. The SMILES string of the molecule is CN(C)CC(=O)N[C@@H]1C[C@@]2(C)O[C@@]13CCO[C@H]1[C@@H]3[C@@H]2C(=O)N1c1ccc(C#N)c(C(F)(F)F)c1. The number of carbonyl (C=O) groups excluding carboxylic acids is 2. The Morgan fingerprint density at radius 1 is 1.38 bits per heavy atom. The predicted octanol–water partition coefficient (Wildman–Crippen LogP) is 1.88. The van der Waals surface area contributed by atoms with Crippen LogP contribution in [0.3, 0.4) is 0 Å². The lowest BCUT2D eigenvalue weighted by Gasteiger charge is -2.45. The van der Waals surface area contributed by atoms with Gasteiger partial charge in [-0.25, -0.2) is 0 Å². The minimum atomic E-state index is -4.75. The number of nitriles is 1. The van der Waals surface area contributed by atoms with E-state index in [1.807, 2.05) is 6.92 Å². The second-order valence-corrected chi connectivity index (χ2v) is 9.99. The zero-order valence-corrected chi connectivity index (χ0v) is 19.0. The van der Waals surface area contributed by atoms with E-state index < -0.39 is 46.6 Å². The third-order valence-corrected chi connectivity index (χ3v) is 7.55. The summed E-state index contributed by atoms with van der Waals surface area (Å²) in [6.07, 6.45) is -4.67. The van der Waals surface area contributed by atoms with E-state index >= 15 is 0 Å². The van der Waals surface area contributed by atoms with Gasteiger partial charge in [0.05, 0.1) is 59.4 Å². The number of nitrogens with one attached hydrogen (secondary N) is 1. The van der Waals surface area contributed by atoms with Gasteiger partial charge in [-0.1, -0.05) is 0 Å². The molecule has 2 bridgehead atoms. The van der Waals surface area contributed by atoms with Crippen LogP contribution in [-0.2, 0) is 25.2 Å². The zero-order valence-electron chi connectivity index (χ0n) is 19.0. The van der Waals surface area contributed by atoms with E-state index in [9.17, 15) is 22.8 Å². The summed E-state index contributed by atoms with van der Waals surface area (Å²) in [5, 5.41) is 12.2. The van der Waals surface area contributed by atoms with Crippen LogP contribution in [-0.4, -0.2) is 67.4 Å². The van der Waals surface area contributed by atoms with Gasteiger partial charge in [0.2, 0.25) is 11.8 Å². The number of hydrogen-bond acceptors (Lipinski definition) is 6. The number of halogens is 3. The molecule has 0 aromatic heterocycles. The molecule has 0 saturated carbocycles. The van der Waals surface area contributed by atoms with Crippen molar-refractivity contribution in [2.75, 3.05) is 32.1 Å². The second-order valence-electron chi connectivity index (χ2n) is 9.99. The molecule has 0 radical (unpaired) electrons. The van der Waals surface area contributed by atoms with Crippen molar-refractivity contribution >= 4 is 17.5 Å². The molecular formula is C23H25F3N4O4. The number of anilines is 1. The molecule has 5 rings (SSSR count). The monoisotopic (exact) mass is 478 g/mol. The van der Waals surface area contributed by atoms with Crippen molar-refractivity contribution in [2.24, 2.45) is 11.8 Å². The fraction of sp³-hybridized carbons (Fsp3) is 0.609. The van der Waals surface area contributed by atoms with Crippen LogP contribution in [0.5, 0.6) is 0 Å². The highest BCUT2D eigenvalue weighted by atomic mass is 19.4. The minimum Gasteiger partial charge on any atom is -0.365 e. The summed E-state index contributed by atoms with van der Waals surface area (Å²) in [6.45, 7) is 2.26. The van der Waals surface area contributed by atoms with Gasteiger partial charge in [-0.05, 0) is 45.6 Å². The van der Waals surface area contributed by atoms with E-state index in [0.717, 1.165) is 12.1 Å². The number of nitrogens with zero attached hydrogens (tertiary/aromatic N) is 3. The molecule has 1 spiro atoms. The van der Waals surface area contributed by atoms with Gasteiger partial charge in [0, 0.05) is 12.1 Å². The molecule has 4 aliphatic rings. The van der Waals surface area contributed by atoms with Gasteiger partial charge < -0.3 is 19.7 Å². The van der Waals surface area contributed by atoms with Gasteiger partial charge in [0.25, 0.3) is 0 Å². The van der Waals surface area contributed by atoms with Gasteiger partial charge in [-0.2, -0.15) is 18.4 Å². The van der Waals surface area contributed by atoms with Gasteiger partial charge in [0.1, 0.15) is 6.23 Å². The lowest BCUT2D eigenvalue weighted by atomic mass is 9.64. The number of hydrogen-bond donors (Lipinski definition) is 1. The summed E-state index contributed by atoms with van der Waals surface area (Å²) < 4.78 is 53.2. The highest BCUT2D eigenvalue weighted by Crippen LogP contribution is 2.65. The Hall–Kier alpha value is -2.68. The minimum absolute atomic E-state index is 0.0315. The summed E-state index contributed by atoms with van der Waals surface area (Å²) in [5.41, 5.74) is -3.29. The third kappa shape index (κ3) is 3.16. The molecule has 34 heavy (non-hydrogen) atoms. The maximum Gasteiger partial charge on any atom is 0.417 e. The number of rotatable bonds is 4. The van der Waals surface area contributed by atoms with Crippen molar-refractivity contribution < 1.29 is 32.2 Å². The molecule has 0 unspecified atom stereocenters. The summed E-state index contributed by atoms with van der Waals surface area (Å²) in [4.78, 5) is 29.2. The van der Waals surface area contributed by atoms with Crippen molar-refractivity contribution in [1.82, 2.24) is 10.2 Å². The predicted molar refractivity (Wildman–Crippen MR) is 112 cm³/mol. The Balaban J connectivity index is 1.52. The number of likely N-dealkylation sites (N-methyl/N-ethyl adjacent to an activating group) is 1. The third-order valence-electron chi connectivity index (χ3n) is 7.55. The summed E-state index contributed by atoms with van der Waals surface area (Å²) in [7, 11) is 3.58. The largest absolute Gasteiger partial charge is 0.417 e. The van der Waals surface area contributed by atoms with Crippen LogP contribution in [0.25, 0.3) is 0 Å². The first-order valence-corrected chi connectivity index (χ1v) is 11.1. The Kier molecular flexibility index (Phi) is 5.03. The fourth-order valence-electron chi connectivity index (χ4n) is 6.43. The molecule has 4 saturated heterocycles. The van der Waals surface area contributed by atoms with E-state index in [2.05, 4.69) is 5.32 Å². The van der Waals surface area contributed by atoms with Crippen LogP contribution in [0.2, 0.25) is 0 Å². The molecule has 8 nitrogen and oxygen atoms in total. The summed E-state index contributed by atoms with van der Waals surface area (Å²) >= 11 is 0. The van der Waals surface area contributed by atoms with E-state index in [1.54, 1.807) is 25.1 Å². The number of carbonyl (C=O) groups is 2. The van der Waals surface area contributed by atoms with E-state index in [1.165, 1.54) is 11.0 Å². The van der Waals surface area contributed by atoms with Crippen LogP contribution in [0.15, 0.2) is 18.2 Å². The number of amides is 2. The van der Waals surface area contributed by atoms with Crippen LogP contribution >= 0.6 is 0 Å². The Bertz CT molecular complexity index is 1100. The average molecular weight is 478 g/mol. The van der Waals surface area contributed by atoms with Crippen LogP contribution < -0.4 is 10.2 Å². The number of ether oxygens (including phenoxy) is 2. The first kappa shape index (κ1) is 23.1. The summed E-state index contributed by atoms with van der Waals surface area (Å²) in [5.74, 6) is -1.57. The molecule has 2 amide bonds. The van der Waals surface area contributed by atoms with Gasteiger partial charge in [0.15, 0.2) is 0 Å². The Labute approximate surface area is 194 Å². The van der Waals surface area contributed by atoms with Gasteiger partial charge in [-0.3, -0.25) is 14.5 Å². The molecule has 11 heteroatoms. The molecule has 1 aromatic carbocycles. The first-order chi connectivity index (χ1) is 15.9. The molecule has 4 heterocycles. The van der Waals surface area contributed by atoms with Gasteiger partial charge in [-0.15, -0.1) is 0 Å². The lowest BCUT2D eigenvalue weighted by molar-refractivity contribution is -0.148. The molecule has 6 atom stereocenters. The van der Waals surface area contributed by atoms with E-state index in [4.69, 9.17) is 14.7 Å². The smallest absolute Gasteiger partial charge is 0.365 e. The molecule has 4 fully saturated rings. The number of benzene rings is 1. The van der Waals surface area contributed by atoms with E-state index in [-0.39, 0.29) is 36.7 Å². The normalized spacial score (nSPS) is 36.1. The van der Waals surface area contributed by atoms with E-state index in [0.29, 0.717) is 12.8 Å². The standard InChI is InChI=1S/C23H25F3N4O4/c1-21-9-15(28-16(31)11-29(2)3)22(34-21)6-7-33-20-18(22)17(21)19(32)30(20)13-5-4-12(10-27)14(8-13)23(24,25)26/h4-5,8,15,17-18,20H,6-7,9,11H2,1-3H3,(H,28,31)/t15-,17-,18+,20+,21-,22+/m1/s1. The molecule has 1 N–H and O–H groups in total. The maximum absolute atomic E-state index is 13.6. The summed E-state index contributed by atoms with van der Waals surface area (Å²) in [6, 6.07) is 4.49. The Morgan fingerprint density at radius 3 is 2.76 bits per heavy atom. The second kappa shape index (κ2) is 7.41. The zero-order chi connectivity index (χ0) is 24.6. The van der Waals surface area contributed by atoms with Crippen molar-refractivity contribution in [3.8, 4) is 6.07 Å². The van der Waals surface area contributed by atoms with Crippen molar-refractivity contribution in [2.45, 2.75) is 49.4 Å². The van der Waals surface area contributed by atoms with Crippen LogP contribution in [0.1, 0.15) is 30.9 Å². The Morgan fingerprint density at radius 2 is 2.12 bits per heavy atom. The number of alkyl halides is 3. The van der Waals surface area contributed by atoms with Crippen molar-refractivity contribution in [3.05, 3.63) is 29.3 Å². The molecule has 0 aliphatic carbocycles. The van der Waals surface area contributed by atoms with Crippen LogP contribution in [0.4, 0.5) is 18.9 Å². The van der Waals surface area contributed by atoms with Gasteiger partial charge >= 0.3 is 6.18 Å². The lowest BCUT2D eigenvalue weighted by Crippen LogP contribution is -2.62. The highest BCUT2D eigenvalue weighted by molar-refractivity contribution is 6.00. The molecular weight excluding hydrogens is 453 g/mol. The quantitative estimate of drug-likeness (QED) is 0.710. The van der Waals surface area contributed by atoms with Crippen molar-refractivity contribution in [1.29, 1.82) is 5.26 Å².